The molecule has 0 aliphatic carbocycles. The lowest BCUT2D eigenvalue weighted by atomic mass is 10.2. The minimum Gasteiger partial charge on any atom is -0.302 e. The van der Waals surface area contributed by atoms with Crippen molar-refractivity contribution < 1.29 is 4.79 Å². The molecule has 0 radical (unpaired) electrons. The molecule has 2 aromatic rings. The summed E-state index contributed by atoms with van der Waals surface area (Å²) in [6.45, 7) is 6.45. The molecule has 2 heterocycles. The summed E-state index contributed by atoms with van der Waals surface area (Å²) >= 11 is 1.51. The lowest BCUT2D eigenvalue weighted by Gasteiger charge is -2.09. The Hall–Kier alpha value is -1.76. The van der Waals surface area contributed by atoms with E-state index in [0.29, 0.717) is 11.7 Å². The third-order valence-corrected chi connectivity index (χ3v) is 3.76. The Morgan fingerprint density at radius 3 is 2.95 bits per heavy atom. The Morgan fingerprint density at radius 1 is 1.58 bits per heavy atom. The lowest BCUT2D eigenvalue weighted by Crippen LogP contribution is -2.24. The number of nitrogens with one attached hydrogen (secondary N) is 1. The summed E-state index contributed by atoms with van der Waals surface area (Å²) in [4.78, 5) is 21.4. The van der Waals surface area contributed by atoms with Crippen molar-refractivity contribution in [2.75, 3.05) is 5.32 Å². The number of carbonyl (C=O) groups is 1. The molecule has 0 saturated heterocycles. The summed E-state index contributed by atoms with van der Waals surface area (Å²) in [6.07, 6.45) is 3.95. The van der Waals surface area contributed by atoms with Gasteiger partial charge in [0.2, 0.25) is 5.91 Å². The number of hydrogen-bond donors (Lipinski definition) is 1. The molecule has 0 aliphatic heterocycles. The van der Waals surface area contributed by atoms with E-state index in [9.17, 15) is 4.79 Å². The average molecular weight is 279 g/mol. The molecule has 0 aliphatic rings. The van der Waals surface area contributed by atoms with Crippen LogP contribution < -0.4 is 5.32 Å². The van der Waals surface area contributed by atoms with E-state index < -0.39 is 0 Å². The maximum Gasteiger partial charge on any atom is 0.230 e. The molecule has 0 saturated carbocycles. The van der Waals surface area contributed by atoms with Crippen molar-refractivity contribution in [3.05, 3.63) is 23.2 Å². The van der Waals surface area contributed by atoms with Gasteiger partial charge < -0.3 is 5.32 Å². The number of anilines is 1. The van der Waals surface area contributed by atoms with E-state index in [1.54, 1.807) is 11.0 Å². The number of nitrogens with zero attached hydrogens (tertiary/aromatic N) is 4. The molecule has 0 bridgehead atoms. The van der Waals surface area contributed by atoms with Crippen molar-refractivity contribution in [3.63, 3.8) is 0 Å². The molecular weight excluding hydrogens is 262 g/mol. The molecule has 0 spiro atoms. The van der Waals surface area contributed by atoms with E-state index in [0.717, 1.165) is 17.0 Å². The van der Waals surface area contributed by atoms with Crippen molar-refractivity contribution in [2.45, 2.75) is 33.7 Å². The van der Waals surface area contributed by atoms with Crippen molar-refractivity contribution in [1.82, 2.24) is 19.7 Å². The van der Waals surface area contributed by atoms with E-state index in [4.69, 9.17) is 0 Å². The van der Waals surface area contributed by atoms with Gasteiger partial charge in [-0.3, -0.25) is 9.48 Å². The highest BCUT2D eigenvalue weighted by molar-refractivity contribution is 7.15. The number of carbonyl (C=O) groups excluding carboxylic acids is 1. The van der Waals surface area contributed by atoms with Crippen LogP contribution >= 0.6 is 11.3 Å². The van der Waals surface area contributed by atoms with Gasteiger partial charge in [0.1, 0.15) is 12.7 Å². The first-order valence-corrected chi connectivity index (χ1v) is 7.01. The molecule has 1 unspecified atom stereocenters. The van der Waals surface area contributed by atoms with Crippen LogP contribution in [-0.2, 0) is 17.8 Å². The molecule has 1 N–H and O–H groups in total. The van der Waals surface area contributed by atoms with Gasteiger partial charge in [0.15, 0.2) is 5.13 Å². The first-order chi connectivity index (χ1) is 9.10. The zero-order valence-electron chi connectivity index (χ0n) is 11.3. The molecule has 7 heteroatoms. The topological polar surface area (TPSA) is 72.7 Å². The van der Waals surface area contributed by atoms with Gasteiger partial charge >= 0.3 is 0 Å². The first kappa shape index (κ1) is 13.7. The smallest absolute Gasteiger partial charge is 0.230 e. The van der Waals surface area contributed by atoms with Crippen LogP contribution in [0.5, 0.6) is 0 Å². The van der Waals surface area contributed by atoms with Crippen LogP contribution in [0.25, 0.3) is 0 Å². The highest BCUT2D eigenvalue weighted by atomic mass is 32.1. The minimum atomic E-state index is -0.184. The van der Waals surface area contributed by atoms with Crippen LogP contribution in [0.4, 0.5) is 5.13 Å². The summed E-state index contributed by atoms with van der Waals surface area (Å²) in [5, 5.41) is 7.52. The Balaban J connectivity index is 1.96. The summed E-state index contributed by atoms with van der Waals surface area (Å²) < 4.78 is 1.65. The van der Waals surface area contributed by atoms with Crippen molar-refractivity contribution in [2.24, 2.45) is 5.92 Å². The van der Waals surface area contributed by atoms with Gasteiger partial charge in [-0.2, -0.15) is 5.10 Å². The quantitative estimate of drug-likeness (QED) is 0.907. The Morgan fingerprint density at radius 2 is 2.37 bits per heavy atom. The van der Waals surface area contributed by atoms with Gasteiger partial charge in [0.05, 0.1) is 18.2 Å². The standard InChI is InChI=1S/C12H17N5OS/c1-4-10-9(3)19-12(15-10)16-11(18)8(2)5-17-7-13-6-14-17/h6-8H,4-5H2,1-3H3,(H,15,16,18). The van der Waals surface area contributed by atoms with Crippen molar-refractivity contribution >= 4 is 22.4 Å². The molecule has 1 amide bonds. The maximum atomic E-state index is 12.0. The van der Waals surface area contributed by atoms with E-state index in [-0.39, 0.29) is 11.8 Å². The summed E-state index contributed by atoms with van der Waals surface area (Å²) in [5.74, 6) is -0.233. The number of hydrogen-bond acceptors (Lipinski definition) is 5. The number of aromatic nitrogens is 4. The predicted octanol–water partition coefficient (Wildman–Crippen LogP) is 1.88. The lowest BCUT2D eigenvalue weighted by molar-refractivity contribution is -0.119. The number of aryl methyl sites for hydroxylation is 2. The molecule has 1 atom stereocenters. The van der Waals surface area contributed by atoms with Crippen LogP contribution in [0.15, 0.2) is 12.7 Å². The van der Waals surface area contributed by atoms with Gasteiger partial charge in [-0.05, 0) is 13.3 Å². The third kappa shape index (κ3) is 3.37. The fraction of sp³-hybridized carbons (Fsp3) is 0.500. The Labute approximate surface area is 115 Å². The van der Waals surface area contributed by atoms with Gasteiger partial charge in [-0.25, -0.2) is 9.97 Å². The number of rotatable bonds is 5. The third-order valence-electron chi connectivity index (χ3n) is 2.83. The molecule has 0 fully saturated rings. The molecule has 6 nitrogen and oxygen atoms in total. The van der Waals surface area contributed by atoms with Crippen LogP contribution in [0.2, 0.25) is 0 Å². The molecule has 2 aromatic heterocycles. The van der Waals surface area contributed by atoms with Crippen LogP contribution in [0.3, 0.4) is 0 Å². The second-order valence-electron chi connectivity index (χ2n) is 4.38. The van der Waals surface area contributed by atoms with Gasteiger partial charge in [0, 0.05) is 4.88 Å². The molecule has 0 aromatic carbocycles. The molecule has 2 rings (SSSR count). The van der Waals surface area contributed by atoms with Crippen LogP contribution in [-0.4, -0.2) is 25.7 Å². The van der Waals surface area contributed by atoms with Gasteiger partial charge in [0.25, 0.3) is 0 Å². The second kappa shape index (κ2) is 5.92. The largest absolute Gasteiger partial charge is 0.302 e. The maximum absolute atomic E-state index is 12.0. The normalized spacial score (nSPS) is 12.4. The summed E-state index contributed by atoms with van der Waals surface area (Å²) in [6, 6.07) is 0. The molecule has 102 valence electrons. The zero-order chi connectivity index (χ0) is 13.8. The fourth-order valence-corrected chi connectivity index (χ4v) is 2.63. The highest BCUT2D eigenvalue weighted by Gasteiger charge is 2.16. The fourth-order valence-electron chi connectivity index (χ4n) is 1.73. The SMILES string of the molecule is CCc1nc(NC(=O)C(C)Cn2cncn2)sc1C. The molecular formula is C12H17N5OS. The zero-order valence-corrected chi connectivity index (χ0v) is 12.1. The monoisotopic (exact) mass is 279 g/mol. The van der Waals surface area contributed by atoms with E-state index in [1.165, 1.54) is 17.7 Å². The predicted molar refractivity (Wildman–Crippen MR) is 74.0 cm³/mol. The Bertz CT molecular complexity index is 548. The van der Waals surface area contributed by atoms with Gasteiger partial charge in [-0.15, -0.1) is 11.3 Å². The number of amides is 1. The average Bonchev–Trinajstić information content (AvgIpc) is 2.98. The first-order valence-electron chi connectivity index (χ1n) is 6.19. The van der Waals surface area contributed by atoms with Crippen molar-refractivity contribution in [3.8, 4) is 0 Å². The molecule has 19 heavy (non-hydrogen) atoms. The van der Waals surface area contributed by atoms with E-state index >= 15 is 0 Å². The van der Waals surface area contributed by atoms with Crippen molar-refractivity contribution in [1.29, 1.82) is 0 Å². The van der Waals surface area contributed by atoms with E-state index in [2.05, 4.69) is 27.3 Å². The van der Waals surface area contributed by atoms with Gasteiger partial charge in [-0.1, -0.05) is 13.8 Å². The Kier molecular flexibility index (Phi) is 4.26. The highest BCUT2D eigenvalue weighted by Crippen LogP contribution is 2.22. The number of thiazole rings is 1. The van der Waals surface area contributed by atoms with E-state index in [1.807, 2.05) is 13.8 Å². The summed E-state index contributed by atoms with van der Waals surface area (Å²) in [7, 11) is 0. The minimum absolute atomic E-state index is 0.0492. The van der Waals surface area contributed by atoms with Crippen LogP contribution in [0.1, 0.15) is 24.4 Å². The second-order valence-corrected chi connectivity index (χ2v) is 5.59. The summed E-state index contributed by atoms with van der Waals surface area (Å²) in [5.41, 5.74) is 1.05. The van der Waals surface area contributed by atoms with Crippen LogP contribution in [0, 0.1) is 12.8 Å².